The fraction of sp³-hybridized carbons (Fsp3) is 0.500. The lowest BCUT2D eigenvalue weighted by atomic mass is 10.1. The molecule has 22 heteroatoms. The zero-order valence-corrected chi connectivity index (χ0v) is 22.2. The Balaban J connectivity index is 1.13. The highest BCUT2D eigenvalue weighted by Gasteiger charge is 2.45. The second kappa shape index (κ2) is 10.4. The molecule has 4 aromatic rings. The maximum Gasteiger partial charge on any atom is 0.280 e. The number of nitrogen functional groups attached to an aromatic ring is 2. The summed E-state index contributed by atoms with van der Waals surface area (Å²) in [6, 6.07) is -0.922. The number of aliphatic hydroxyl groups is 3. The fourth-order valence-corrected chi connectivity index (χ4v) is 6.15. The number of nitrogens with two attached hydrogens (primary N) is 2. The average molecular weight is 611 g/mol. The number of ether oxygens (including phenoxy) is 2. The number of aliphatic hydroxyl groups excluding tert-OH is 3. The van der Waals surface area contributed by atoms with Crippen LogP contribution in [0, 0.1) is 0 Å². The van der Waals surface area contributed by atoms with E-state index < -0.39 is 77.4 Å². The van der Waals surface area contributed by atoms with Crippen molar-refractivity contribution in [3.8, 4) is 0 Å². The van der Waals surface area contributed by atoms with Gasteiger partial charge in [-0.25, -0.2) is 9.97 Å². The summed E-state index contributed by atoms with van der Waals surface area (Å²) in [5, 5.41) is 31.0. The first-order valence-corrected chi connectivity index (χ1v) is 13.9. The molecule has 0 aromatic carbocycles. The van der Waals surface area contributed by atoms with Gasteiger partial charge in [-0.3, -0.25) is 28.7 Å². The molecule has 0 radical (unpaired) electrons. The first-order valence-electron chi connectivity index (χ1n) is 12.4. The smallest absolute Gasteiger partial charge is 0.280 e. The number of nitrogens with one attached hydrogen (secondary N) is 4. The highest BCUT2D eigenvalue weighted by molar-refractivity contribution is 7.87. The van der Waals surface area contributed by atoms with Crippen LogP contribution in [0.15, 0.2) is 22.2 Å². The van der Waals surface area contributed by atoms with Crippen LogP contribution in [0.5, 0.6) is 0 Å². The Morgan fingerprint density at radius 3 is 2.17 bits per heavy atom. The van der Waals surface area contributed by atoms with Crippen molar-refractivity contribution in [3.05, 3.63) is 33.4 Å². The van der Waals surface area contributed by atoms with Gasteiger partial charge in [-0.15, -0.1) is 0 Å². The van der Waals surface area contributed by atoms with Gasteiger partial charge < -0.3 is 36.3 Å². The van der Waals surface area contributed by atoms with Crippen LogP contribution in [0.4, 0.5) is 11.9 Å². The van der Waals surface area contributed by atoms with Crippen LogP contribution in [-0.4, -0.2) is 106 Å². The number of hydrogen-bond acceptors (Lipinski definition) is 15. The molecule has 2 saturated heterocycles. The molecule has 0 aliphatic carbocycles. The van der Waals surface area contributed by atoms with Gasteiger partial charge in [0.05, 0.1) is 31.4 Å². The number of H-pyrrole nitrogens is 2. The van der Waals surface area contributed by atoms with Gasteiger partial charge in [0.1, 0.15) is 24.5 Å². The molecule has 42 heavy (non-hydrogen) atoms. The van der Waals surface area contributed by atoms with Crippen LogP contribution in [0.1, 0.15) is 18.9 Å². The monoisotopic (exact) mass is 610 g/mol. The van der Waals surface area contributed by atoms with Crippen molar-refractivity contribution in [1.29, 1.82) is 0 Å². The molecule has 0 spiro atoms. The third-order valence-electron chi connectivity index (χ3n) is 7.02. The lowest BCUT2D eigenvalue weighted by Gasteiger charge is -2.20. The summed E-state index contributed by atoms with van der Waals surface area (Å²) in [7, 11) is -4.27. The van der Waals surface area contributed by atoms with E-state index in [0.29, 0.717) is 0 Å². The summed E-state index contributed by atoms with van der Waals surface area (Å²) >= 11 is 0. The Morgan fingerprint density at radius 1 is 0.952 bits per heavy atom. The first-order chi connectivity index (χ1) is 20.0. The van der Waals surface area contributed by atoms with Crippen molar-refractivity contribution < 1.29 is 33.2 Å². The molecule has 21 nitrogen and oxygen atoms in total. The molecule has 226 valence electrons. The van der Waals surface area contributed by atoms with Crippen LogP contribution < -0.4 is 32.0 Å². The maximum absolute atomic E-state index is 12.9. The number of imidazole rings is 2. The van der Waals surface area contributed by atoms with E-state index in [9.17, 15) is 33.3 Å². The molecule has 11 N–H and O–H groups in total. The molecular weight excluding hydrogens is 584 g/mol. The molecule has 0 amide bonds. The van der Waals surface area contributed by atoms with Crippen molar-refractivity contribution in [2.75, 3.05) is 24.6 Å². The quantitative estimate of drug-likeness (QED) is 0.0902. The summed E-state index contributed by atoms with van der Waals surface area (Å²) in [4.78, 5) is 44.8. The molecule has 0 bridgehead atoms. The predicted octanol–water partition coefficient (Wildman–Crippen LogP) is -4.89. The fourth-order valence-electron chi connectivity index (χ4n) is 5.04. The van der Waals surface area contributed by atoms with Crippen molar-refractivity contribution in [2.45, 2.75) is 49.3 Å². The van der Waals surface area contributed by atoms with Gasteiger partial charge >= 0.3 is 0 Å². The Morgan fingerprint density at radius 2 is 1.55 bits per heavy atom. The highest BCUT2D eigenvalue weighted by Crippen LogP contribution is 2.32. The molecule has 2 aliphatic heterocycles. The van der Waals surface area contributed by atoms with Crippen LogP contribution in [-0.2, 0) is 19.7 Å². The van der Waals surface area contributed by atoms with Gasteiger partial charge in [-0.2, -0.15) is 27.8 Å². The number of aromatic nitrogens is 8. The van der Waals surface area contributed by atoms with E-state index in [2.05, 4.69) is 39.3 Å². The van der Waals surface area contributed by atoms with Gasteiger partial charge in [-0.05, 0) is 0 Å². The molecule has 2 fully saturated rings. The van der Waals surface area contributed by atoms with Gasteiger partial charge in [0.2, 0.25) is 11.9 Å². The van der Waals surface area contributed by atoms with Gasteiger partial charge in [0, 0.05) is 13.0 Å². The van der Waals surface area contributed by atoms with E-state index in [4.69, 9.17) is 20.9 Å². The van der Waals surface area contributed by atoms with E-state index in [0.717, 1.165) is 0 Å². The van der Waals surface area contributed by atoms with Crippen LogP contribution in [0.2, 0.25) is 0 Å². The Bertz CT molecular complexity index is 1870. The van der Waals surface area contributed by atoms with E-state index in [1.165, 1.54) is 21.8 Å². The van der Waals surface area contributed by atoms with Crippen LogP contribution in [0.3, 0.4) is 0 Å². The second-order valence-electron chi connectivity index (χ2n) is 9.72. The Labute approximate surface area is 233 Å². The molecular formula is C20H26N12O9S. The zero-order valence-electron chi connectivity index (χ0n) is 21.4. The summed E-state index contributed by atoms with van der Waals surface area (Å²) in [6.07, 6.45) is -4.86. The second-order valence-corrected chi connectivity index (χ2v) is 11.3. The van der Waals surface area contributed by atoms with Crippen LogP contribution >= 0.6 is 0 Å². The third-order valence-corrected chi connectivity index (χ3v) is 8.18. The standard InChI is InChI=1S/C20H26N12O9S/c21-19-26-14-10(16(36)28-19)23-4-31(14)9-1-6(8(3-33)40-9)30-42(38,39)25-2-7-12(34)13(35)18(41-7)32-5-24-11-15(32)27-20(22)29-17(11)37/h4-9,12-13,18,25,30,33-35H,1-3H2,(H3,21,26,28,36)(H3,22,27,29,37)/t6-,7+,8+,9+,12+,13+,18+/m0/s1. The summed E-state index contributed by atoms with van der Waals surface area (Å²) in [5.41, 5.74) is 10.1. The van der Waals surface area contributed by atoms with E-state index in [1.807, 2.05) is 0 Å². The third kappa shape index (κ3) is 4.88. The van der Waals surface area contributed by atoms with Crippen molar-refractivity contribution in [1.82, 2.24) is 48.5 Å². The number of aromatic amines is 2. The number of rotatable bonds is 8. The van der Waals surface area contributed by atoms with Crippen molar-refractivity contribution in [3.63, 3.8) is 0 Å². The lowest BCUT2D eigenvalue weighted by Crippen LogP contribution is -2.49. The molecule has 4 aromatic heterocycles. The molecule has 2 aliphatic rings. The molecule has 0 unspecified atom stereocenters. The van der Waals surface area contributed by atoms with E-state index >= 15 is 0 Å². The maximum atomic E-state index is 12.9. The first kappa shape index (κ1) is 28.1. The molecule has 0 saturated carbocycles. The van der Waals surface area contributed by atoms with Crippen molar-refractivity contribution in [2.24, 2.45) is 0 Å². The molecule has 7 atom stereocenters. The van der Waals surface area contributed by atoms with Gasteiger partial charge in [0.25, 0.3) is 21.3 Å². The van der Waals surface area contributed by atoms with E-state index in [1.54, 1.807) is 0 Å². The minimum absolute atomic E-state index is 0.00407. The number of anilines is 2. The normalized spacial score (nSPS) is 28.3. The average Bonchev–Trinajstić information content (AvgIpc) is 3.69. The zero-order chi connectivity index (χ0) is 29.9. The topological polar surface area (TPSA) is 317 Å². The van der Waals surface area contributed by atoms with Gasteiger partial charge in [0.15, 0.2) is 28.6 Å². The lowest BCUT2D eigenvalue weighted by molar-refractivity contribution is -0.0330. The number of nitrogens with zero attached hydrogens (tertiary/aromatic N) is 6. The number of fused-ring (bicyclic) bond motifs is 2. The van der Waals surface area contributed by atoms with Crippen LogP contribution in [0.25, 0.3) is 22.3 Å². The van der Waals surface area contributed by atoms with Crippen molar-refractivity contribution >= 4 is 44.4 Å². The van der Waals surface area contributed by atoms with Gasteiger partial charge in [-0.1, -0.05) is 0 Å². The SMILES string of the molecule is Nc1nc2c(ncn2[C@@H]2O[C@H](CNS(=O)(=O)N[C@H]3C[C@H](n4cnc5c(=O)[nH]c(N)nc54)O[C@@H]3CO)[C@@H](O)[C@H]2O)c(=O)[nH]1. The molecule has 6 heterocycles. The summed E-state index contributed by atoms with van der Waals surface area (Å²) < 4.78 is 44.6. The predicted molar refractivity (Wildman–Crippen MR) is 141 cm³/mol. The highest BCUT2D eigenvalue weighted by atomic mass is 32.2. The summed E-state index contributed by atoms with van der Waals surface area (Å²) in [5.74, 6) is -0.348. The number of hydrogen-bond donors (Lipinski definition) is 9. The van der Waals surface area contributed by atoms with E-state index in [-0.39, 0.29) is 40.6 Å². The minimum Gasteiger partial charge on any atom is -0.394 e. The Hall–Kier alpha value is -4.03. The Kier molecular flexibility index (Phi) is 6.93. The minimum atomic E-state index is -4.27. The molecule has 6 rings (SSSR count). The largest absolute Gasteiger partial charge is 0.394 e. The summed E-state index contributed by atoms with van der Waals surface area (Å²) in [6.45, 7) is -1.00.